The monoisotopic (exact) mass is 270 g/mol. The molecule has 2 aromatic heterocycles. The van der Waals surface area contributed by atoms with Crippen LogP contribution in [0.25, 0.3) is 0 Å². The SMILES string of the molecule is CC(C)n1ncnc1Cn1cc(Cl)c([N+](=O)[O-])n1. The van der Waals surface area contributed by atoms with E-state index in [1.165, 1.54) is 17.2 Å². The summed E-state index contributed by atoms with van der Waals surface area (Å²) in [6.45, 7) is 4.22. The summed E-state index contributed by atoms with van der Waals surface area (Å²) >= 11 is 5.71. The molecule has 0 amide bonds. The fraction of sp³-hybridized carbons (Fsp3) is 0.444. The van der Waals surface area contributed by atoms with Gasteiger partial charge in [0.1, 0.15) is 12.9 Å². The summed E-state index contributed by atoms with van der Waals surface area (Å²) in [6, 6.07) is 0.156. The van der Waals surface area contributed by atoms with Crippen molar-refractivity contribution < 1.29 is 4.92 Å². The third kappa shape index (κ3) is 2.33. The second-order valence-electron chi connectivity index (χ2n) is 3.97. The van der Waals surface area contributed by atoms with E-state index < -0.39 is 4.92 Å². The molecule has 0 aromatic carbocycles. The molecule has 2 heterocycles. The minimum Gasteiger partial charge on any atom is -0.358 e. The Bertz CT molecular complexity index is 575. The average Bonchev–Trinajstić information content (AvgIpc) is 2.85. The van der Waals surface area contributed by atoms with E-state index in [9.17, 15) is 10.1 Å². The van der Waals surface area contributed by atoms with Gasteiger partial charge in [-0.3, -0.25) is 0 Å². The van der Waals surface area contributed by atoms with Crippen molar-refractivity contribution in [3.8, 4) is 0 Å². The van der Waals surface area contributed by atoms with Gasteiger partial charge in [0, 0.05) is 6.04 Å². The van der Waals surface area contributed by atoms with Crippen molar-refractivity contribution in [2.75, 3.05) is 0 Å². The molecular weight excluding hydrogens is 260 g/mol. The van der Waals surface area contributed by atoms with Crippen molar-refractivity contribution in [2.24, 2.45) is 0 Å². The van der Waals surface area contributed by atoms with Gasteiger partial charge in [-0.25, -0.2) is 9.67 Å². The van der Waals surface area contributed by atoms with Gasteiger partial charge in [0.05, 0.1) is 11.3 Å². The molecule has 0 radical (unpaired) electrons. The molecule has 0 atom stereocenters. The first kappa shape index (κ1) is 12.5. The van der Waals surface area contributed by atoms with Crippen LogP contribution in [0.15, 0.2) is 12.5 Å². The summed E-state index contributed by atoms with van der Waals surface area (Å²) in [5, 5.41) is 18.5. The van der Waals surface area contributed by atoms with Gasteiger partial charge in [0.2, 0.25) is 0 Å². The highest BCUT2D eigenvalue weighted by atomic mass is 35.5. The van der Waals surface area contributed by atoms with E-state index in [4.69, 9.17) is 11.6 Å². The minimum atomic E-state index is -0.619. The molecule has 0 saturated carbocycles. The Morgan fingerprint density at radius 2 is 2.28 bits per heavy atom. The number of hydrogen-bond donors (Lipinski definition) is 0. The normalized spacial score (nSPS) is 11.1. The van der Waals surface area contributed by atoms with Crippen LogP contribution in [0.2, 0.25) is 5.02 Å². The van der Waals surface area contributed by atoms with Gasteiger partial charge < -0.3 is 10.1 Å². The molecule has 0 spiro atoms. The van der Waals surface area contributed by atoms with Crippen LogP contribution < -0.4 is 0 Å². The molecule has 0 unspecified atom stereocenters. The van der Waals surface area contributed by atoms with Crippen LogP contribution in [-0.4, -0.2) is 29.5 Å². The molecule has 0 bridgehead atoms. The standard InChI is InChI=1S/C9H11ClN6O2/c1-6(2)15-8(11-5-12-15)4-14-3-7(10)9(13-14)16(17)18/h3,5-6H,4H2,1-2H3. The zero-order chi connectivity index (χ0) is 13.3. The average molecular weight is 271 g/mol. The number of aromatic nitrogens is 5. The number of hydrogen-bond acceptors (Lipinski definition) is 5. The summed E-state index contributed by atoms with van der Waals surface area (Å²) in [5.74, 6) is 0.311. The largest absolute Gasteiger partial charge is 0.408 e. The van der Waals surface area contributed by atoms with E-state index in [-0.39, 0.29) is 23.4 Å². The van der Waals surface area contributed by atoms with E-state index in [1.54, 1.807) is 4.68 Å². The van der Waals surface area contributed by atoms with Crippen molar-refractivity contribution >= 4 is 17.4 Å². The molecule has 2 aromatic rings. The van der Waals surface area contributed by atoms with Crippen LogP contribution in [0.5, 0.6) is 0 Å². The smallest absolute Gasteiger partial charge is 0.358 e. The second-order valence-corrected chi connectivity index (χ2v) is 4.38. The van der Waals surface area contributed by atoms with Crippen LogP contribution >= 0.6 is 11.6 Å². The van der Waals surface area contributed by atoms with Crippen molar-refractivity contribution in [3.05, 3.63) is 33.5 Å². The maximum atomic E-state index is 10.6. The molecule has 18 heavy (non-hydrogen) atoms. The maximum absolute atomic E-state index is 10.6. The Morgan fingerprint density at radius 1 is 1.56 bits per heavy atom. The Labute approximate surface area is 107 Å². The molecule has 0 saturated heterocycles. The topological polar surface area (TPSA) is 91.7 Å². The fourth-order valence-electron chi connectivity index (χ4n) is 1.56. The van der Waals surface area contributed by atoms with Gasteiger partial charge in [-0.15, -0.1) is 0 Å². The first-order valence-corrected chi connectivity index (χ1v) is 5.62. The molecule has 0 aliphatic rings. The van der Waals surface area contributed by atoms with E-state index in [2.05, 4.69) is 15.2 Å². The lowest BCUT2D eigenvalue weighted by atomic mass is 10.4. The third-order valence-corrected chi connectivity index (χ3v) is 2.58. The van der Waals surface area contributed by atoms with Gasteiger partial charge in [-0.1, -0.05) is 11.6 Å². The predicted molar refractivity (Wildman–Crippen MR) is 63.4 cm³/mol. The molecule has 96 valence electrons. The van der Waals surface area contributed by atoms with Gasteiger partial charge in [0.25, 0.3) is 0 Å². The van der Waals surface area contributed by atoms with Crippen LogP contribution in [-0.2, 0) is 6.54 Å². The van der Waals surface area contributed by atoms with Gasteiger partial charge in [-0.2, -0.15) is 9.78 Å². The quantitative estimate of drug-likeness (QED) is 0.622. The molecule has 0 aliphatic heterocycles. The fourth-order valence-corrected chi connectivity index (χ4v) is 1.77. The Kier molecular flexibility index (Phi) is 3.28. The summed E-state index contributed by atoms with van der Waals surface area (Å²) in [4.78, 5) is 14.1. The number of nitrogens with zero attached hydrogens (tertiary/aromatic N) is 6. The maximum Gasteiger partial charge on any atom is 0.408 e. The van der Waals surface area contributed by atoms with Crippen molar-refractivity contribution in [2.45, 2.75) is 26.4 Å². The Hall–Kier alpha value is -1.96. The highest BCUT2D eigenvalue weighted by molar-refractivity contribution is 6.32. The third-order valence-electron chi connectivity index (χ3n) is 2.31. The van der Waals surface area contributed by atoms with E-state index in [0.717, 1.165) is 0 Å². The van der Waals surface area contributed by atoms with Crippen LogP contribution in [0.1, 0.15) is 25.7 Å². The van der Waals surface area contributed by atoms with Crippen molar-refractivity contribution in [1.82, 2.24) is 24.5 Å². The summed E-state index contributed by atoms with van der Waals surface area (Å²) in [5.41, 5.74) is 0. The number of rotatable bonds is 4. The molecule has 2 rings (SSSR count). The number of halogens is 1. The van der Waals surface area contributed by atoms with Gasteiger partial charge in [-0.05, 0) is 18.8 Å². The van der Waals surface area contributed by atoms with E-state index >= 15 is 0 Å². The lowest BCUT2D eigenvalue weighted by Crippen LogP contribution is -2.12. The summed E-state index contributed by atoms with van der Waals surface area (Å²) < 4.78 is 3.10. The lowest BCUT2D eigenvalue weighted by molar-refractivity contribution is -0.389. The van der Waals surface area contributed by atoms with Gasteiger partial charge in [0.15, 0.2) is 10.8 Å². The predicted octanol–water partition coefficient (Wildman–Crippen LogP) is 1.67. The van der Waals surface area contributed by atoms with Gasteiger partial charge >= 0.3 is 5.82 Å². The van der Waals surface area contributed by atoms with Crippen molar-refractivity contribution in [1.29, 1.82) is 0 Å². The Balaban J connectivity index is 2.26. The minimum absolute atomic E-state index is 0.00983. The highest BCUT2D eigenvalue weighted by Crippen LogP contribution is 2.21. The first-order chi connectivity index (χ1) is 8.49. The molecule has 0 N–H and O–H groups in total. The zero-order valence-corrected chi connectivity index (χ0v) is 10.6. The summed E-state index contributed by atoms with van der Waals surface area (Å²) in [7, 11) is 0. The van der Waals surface area contributed by atoms with Crippen LogP contribution in [0.3, 0.4) is 0 Å². The van der Waals surface area contributed by atoms with Crippen LogP contribution in [0, 0.1) is 10.1 Å². The van der Waals surface area contributed by atoms with Crippen LogP contribution in [0.4, 0.5) is 5.82 Å². The molecular formula is C9H11ClN6O2. The Morgan fingerprint density at radius 3 is 2.83 bits per heavy atom. The first-order valence-electron chi connectivity index (χ1n) is 5.24. The summed E-state index contributed by atoms with van der Waals surface area (Å²) in [6.07, 6.45) is 2.84. The molecule has 8 nitrogen and oxygen atoms in total. The lowest BCUT2D eigenvalue weighted by Gasteiger charge is -2.07. The second kappa shape index (κ2) is 4.73. The zero-order valence-electron chi connectivity index (χ0n) is 9.82. The van der Waals surface area contributed by atoms with E-state index in [1.807, 2.05) is 13.8 Å². The molecule has 0 fully saturated rings. The molecule has 9 heteroatoms. The van der Waals surface area contributed by atoms with E-state index in [0.29, 0.717) is 5.82 Å². The van der Waals surface area contributed by atoms with Crippen molar-refractivity contribution in [3.63, 3.8) is 0 Å². The molecule has 0 aliphatic carbocycles. The number of nitro groups is 1. The highest BCUT2D eigenvalue weighted by Gasteiger charge is 2.20.